The Bertz CT molecular complexity index is 3730. The molecule has 0 atom stereocenters. The second kappa shape index (κ2) is 15.2. The SMILES string of the molecule is c1ccc(N(c2cc(-c3ccc4c(c3)c3ccccc3n4-c3ccccc3)cc(N(c3ccccc3)c3ccc4c(c3)sc3ccccc34)c2)c2ccc3c(c2)oc2ccccc23)cc1. The Morgan fingerprint density at radius 2 is 0.862 bits per heavy atom. The fourth-order valence-electron chi connectivity index (χ4n) is 9.78. The first-order valence-electron chi connectivity index (χ1n) is 22.0. The van der Waals surface area contributed by atoms with Crippen LogP contribution in [0.3, 0.4) is 0 Å². The lowest BCUT2D eigenvalue weighted by Crippen LogP contribution is -2.13. The first kappa shape index (κ1) is 37.2. The van der Waals surface area contributed by atoms with Crippen LogP contribution in [-0.2, 0) is 0 Å². The summed E-state index contributed by atoms with van der Waals surface area (Å²) in [7, 11) is 0. The Labute approximate surface area is 379 Å². The minimum Gasteiger partial charge on any atom is -0.456 e. The molecule has 0 radical (unpaired) electrons. The summed E-state index contributed by atoms with van der Waals surface area (Å²) in [6.45, 7) is 0. The summed E-state index contributed by atoms with van der Waals surface area (Å²) in [5, 5.41) is 7.20. The molecule has 0 bridgehead atoms. The van der Waals surface area contributed by atoms with Gasteiger partial charge in [-0.2, -0.15) is 0 Å². The predicted molar refractivity (Wildman–Crippen MR) is 276 cm³/mol. The molecule has 5 heteroatoms. The number of benzene rings is 10. The van der Waals surface area contributed by atoms with E-state index in [2.05, 4.69) is 239 Å². The van der Waals surface area contributed by atoms with Gasteiger partial charge >= 0.3 is 0 Å². The van der Waals surface area contributed by atoms with Crippen LogP contribution in [0.4, 0.5) is 34.1 Å². The summed E-state index contributed by atoms with van der Waals surface area (Å²) < 4.78 is 11.4. The van der Waals surface area contributed by atoms with E-state index in [4.69, 9.17) is 4.42 Å². The molecule has 3 heterocycles. The molecule has 0 amide bonds. The molecule has 0 unspecified atom stereocenters. The molecule has 10 aromatic carbocycles. The predicted octanol–water partition coefficient (Wildman–Crippen LogP) is 17.7. The molecule has 3 aromatic heterocycles. The Hall–Kier alpha value is -8.38. The third-order valence-corrected chi connectivity index (χ3v) is 13.8. The maximum atomic E-state index is 6.52. The quantitative estimate of drug-likeness (QED) is 0.152. The normalized spacial score (nSPS) is 11.7. The number of hydrogen-bond acceptors (Lipinski definition) is 4. The zero-order chi connectivity index (χ0) is 42.8. The van der Waals surface area contributed by atoms with Gasteiger partial charge in [0, 0.05) is 87.6 Å². The minimum absolute atomic E-state index is 0.851. The van der Waals surface area contributed by atoms with E-state index in [9.17, 15) is 0 Å². The smallest absolute Gasteiger partial charge is 0.137 e. The molecular formula is C60H39N3OS. The van der Waals surface area contributed by atoms with Gasteiger partial charge in [0.25, 0.3) is 0 Å². The first-order valence-corrected chi connectivity index (χ1v) is 22.8. The first-order chi connectivity index (χ1) is 32.2. The number of hydrogen-bond donors (Lipinski definition) is 0. The van der Waals surface area contributed by atoms with Gasteiger partial charge in [-0.15, -0.1) is 11.3 Å². The molecule has 13 aromatic rings. The van der Waals surface area contributed by atoms with E-state index in [1.54, 1.807) is 0 Å². The highest BCUT2D eigenvalue weighted by molar-refractivity contribution is 7.25. The van der Waals surface area contributed by atoms with Crippen molar-refractivity contribution in [2.75, 3.05) is 9.80 Å². The maximum Gasteiger partial charge on any atom is 0.137 e. The zero-order valence-corrected chi connectivity index (χ0v) is 36.0. The van der Waals surface area contributed by atoms with E-state index in [-0.39, 0.29) is 0 Å². The molecule has 0 aliphatic heterocycles. The lowest BCUT2D eigenvalue weighted by molar-refractivity contribution is 0.669. The molecule has 0 saturated carbocycles. The third kappa shape index (κ3) is 6.28. The van der Waals surface area contributed by atoms with Gasteiger partial charge in [0.15, 0.2) is 0 Å². The molecule has 65 heavy (non-hydrogen) atoms. The van der Waals surface area contributed by atoms with Crippen molar-refractivity contribution in [2.24, 2.45) is 0 Å². The molecular weight excluding hydrogens is 811 g/mol. The number of fused-ring (bicyclic) bond motifs is 9. The van der Waals surface area contributed by atoms with Crippen molar-refractivity contribution in [3.05, 3.63) is 237 Å². The van der Waals surface area contributed by atoms with Gasteiger partial charge < -0.3 is 18.8 Å². The van der Waals surface area contributed by atoms with Crippen LogP contribution in [0.1, 0.15) is 0 Å². The van der Waals surface area contributed by atoms with Gasteiger partial charge in [-0.25, -0.2) is 0 Å². The van der Waals surface area contributed by atoms with E-state index in [0.29, 0.717) is 0 Å². The van der Waals surface area contributed by atoms with Crippen molar-refractivity contribution >= 4 is 109 Å². The van der Waals surface area contributed by atoms with Crippen molar-refractivity contribution < 1.29 is 4.42 Å². The number of anilines is 6. The number of para-hydroxylation sites is 5. The van der Waals surface area contributed by atoms with Crippen molar-refractivity contribution in [3.8, 4) is 16.8 Å². The molecule has 0 fully saturated rings. The lowest BCUT2D eigenvalue weighted by Gasteiger charge is -2.30. The molecule has 306 valence electrons. The topological polar surface area (TPSA) is 24.6 Å². The fraction of sp³-hybridized carbons (Fsp3) is 0. The molecule has 0 aliphatic carbocycles. The zero-order valence-electron chi connectivity index (χ0n) is 35.2. The molecule has 0 N–H and O–H groups in total. The van der Waals surface area contributed by atoms with Gasteiger partial charge in [-0.3, -0.25) is 0 Å². The standard InChI is InChI=1S/C60H39N3OS/c1-4-16-42(17-5-1)61(45-29-31-51-50-23-11-14-26-57(50)64-58(51)38-45)47-34-41(40-28-33-56-54(36-40)49-22-10-13-25-55(49)63(56)44-20-8-3-9-21-44)35-48(37-47)62(43-18-6-2-7-19-43)46-30-32-53-52-24-12-15-27-59(52)65-60(53)39-46/h1-39H. The van der Waals surface area contributed by atoms with Gasteiger partial charge in [-0.1, -0.05) is 121 Å². The second-order valence-corrected chi connectivity index (χ2v) is 17.6. The summed E-state index contributed by atoms with van der Waals surface area (Å²) in [4.78, 5) is 4.76. The van der Waals surface area contributed by atoms with Gasteiger partial charge in [0.1, 0.15) is 11.2 Å². The van der Waals surface area contributed by atoms with Crippen LogP contribution in [-0.4, -0.2) is 4.57 Å². The average Bonchev–Trinajstić information content (AvgIpc) is 4.04. The van der Waals surface area contributed by atoms with Crippen LogP contribution in [0, 0.1) is 0 Å². The van der Waals surface area contributed by atoms with Gasteiger partial charge in [0.2, 0.25) is 0 Å². The number of nitrogens with zero attached hydrogens (tertiary/aromatic N) is 3. The van der Waals surface area contributed by atoms with E-state index in [1.807, 2.05) is 23.5 Å². The Balaban J connectivity index is 1.07. The molecule has 0 spiro atoms. The molecule has 13 rings (SSSR count). The van der Waals surface area contributed by atoms with Crippen LogP contribution >= 0.6 is 11.3 Å². The van der Waals surface area contributed by atoms with Crippen LogP contribution in [0.2, 0.25) is 0 Å². The lowest BCUT2D eigenvalue weighted by atomic mass is 9.99. The highest BCUT2D eigenvalue weighted by atomic mass is 32.1. The molecule has 4 nitrogen and oxygen atoms in total. The van der Waals surface area contributed by atoms with E-state index in [0.717, 1.165) is 72.9 Å². The van der Waals surface area contributed by atoms with E-state index in [1.165, 1.54) is 42.0 Å². The van der Waals surface area contributed by atoms with Gasteiger partial charge in [0.05, 0.1) is 11.0 Å². The monoisotopic (exact) mass is 849 g/mol. The van der Waals surface area contributed by atoms with Crippen molar-refractivity contribution in [1.29, 1.82) is 0 Å². The van der Waals surface area contributed by atoms with Crippen molar-refractivity contribution in [1.82, 2.24) is 4.57 Å². The number of aromatic nitrogens is 1. The highest BCUT2D eigenvalue weighted by Crippen LogP contribution is 2.46. The third-order valence-electron chi connectivity index (χ3n) is 12.7. The largest absolute Gasteiger partial charge is 0.456 e. The van der Waals surface area contributed by atoms with Crippen molar-refractivity contribution in [2.45, 2.75) is 0 Å². The number of furan rings is 1. The number of thiophene rings is 1. The maximum absolute atomic E-state index is 6.52. The van der Waals surface area contributed by atoms with Crippen LogP contribution in [0.25, 0.3) is 80.7 Å². The van der Waals surface area contributed by atoms with Crippen LogP contribution < -0.4 is 9.80 Å². The van der Waals surface area contributed by atoms with E-state index >= 15 is 0 Å². The Kier molecular flexibility index (Phi) is 8.68. The fourth-order valence-corrected chi connectivity index (χ4v) is 10.9. The van der Waals surface area contributed by atoms with Crippen molar-refractivity contribution in [3.63, 3.8) is 0 Å². The van der Waals surface area contributed by atoms with Crippen LogP contribution in [0.5, 0.6) is 0 Å². The summed E-state index contributed by atoms with van der Waals surface area (Å²) in [5.74, 6) is 0. The summed E-state index contributed by atoms with van der Waals surface area (Å²) >= 11 is 1.84. The Morgan fingerprint density at radius 1 is 0.308 bits per heavy atom. The Morgan fingerprint density at radius 3 is 1.60 bits per heavy atom. The molecule has 0 aliphatic rings. The van der Waals surface area contributed by atoms with E-state index < -0.39 is 0 Å². The van der Waals surface area contributed by atoms with Gasteiger partial charge in [-0.05, 0) is 120 Å². The summed E-state index contributed by atoms with van der Waals surface area (Å²) in [6.07, 6.45) is 0. The number of rotatable bonds is 8. The summed E-state index contributed by atoms with van der Waals surface area (Å²) in [6, 6.07) is 85.3. The summed E-state index contributed by atoms with van der Waals surface area (Å²) in [5.41, 5.74) is 13.8. The molecule has 0 saturated heterocycles. The highest BCUT2D eigenvalue weighted by Gasteiger charge is 2.22. The second-order valence-electron chi connectivity index (χ2n) is 16.6. The van der Waals surface area contributed by atoms with Crippen LogP contribution in [0.15, 0.2) is 241 Å². The minimum atomic E-state index is 0.851. The average molecular weight is 850 g/mol.